The number of hydrogen-bond acceptors (Lipinski definition) is 8. The summed E-state index contributed by atoms with van der Waals surface area (Å²) in [6, 6.07) is 42.5. The Morgan fingerprint density at radius 1 is 0.493 bits per heavy atom. The second-order valence-corrected chi connectivity index (χ2v) is 19.4. The van der Waals surface area contributed by atoms with Crippen LogP contribution in [0, 0.1) is 10.8 Å². The maximum absolute atomic E-state index is 13.4. The Kier molecular flexibility index (Phi) is 13.1. The standard InChI is InChI=1S/C58H54N2O6.Mn/c1-57(2,3)55(63)65-47-29-27-35-17-7-11-21-41(35)49(47)51-43-23-13-9-19-37(43)31-39(53(51)61)33-59-45-25-15-16-26-46(45)60-34-40-32-38-20-10-14-24-44(38)52(54(40)62)50-42-22-12-8-18-36(42)28-30-48(50)66-56(64)58(4,5)6;/h7-14,17-24,27-34,45-46,61-62H,15-16,25-26H2,1-6H3;. The van der Waals surface area contributed by atoms with Gasteiger partial charge in [0.25, 0.3) is 0 Å². The number of aromatic hydroxyl groups is 2. The second kappa shape index (κ2) is 18.8. The Bertz CT molecular complexity index is 3050. The normalized spacial score (nSPS) is 15.7. The Morgan fingerprint density at radius 2 is 0.821 bits per heavy atom. The zero-order valence-electron chi connectivity index (χ0n) is 38.6. The summed E-state index contributed by atoms with van der Waals surface area (Å²) in [6.07, 6.45) is 7.05. The van der Waals surface area contributed by atoms with Gasteiger partial charge in [0.05, 0.1) is 22.9 Å². The number of carbonyl (C=O) groups is 2. The number of benzene rings is 8. The summed E-state index contributed by atoms with van der Waals surface area (Å²) in [5, 5.41) is 31.7. The molecular weight excluding hydrogens is 876 g/mol. The average Bonchev–Trinajstić information content (AvgIpc) is 3.30. The summed E-state index contributed by atoms with van der Waals surface area (Å²) in [5.74, 6) is 0.0508. The van der Waals surface area contributed by atoms with Gasteiger partial charge in [-0.3, -0.25) is 19.6 Å². The maximum atomic E-state index is 13.4. The molecule has 8 aromatic rings. The number of nitrogens with zero attached hydrogens (tertiary/aromatic N) is 2. The monoisotopic (exact) mass is 929 g/mol. The maximum Gasteiger partial charge on any atom is 0.316 e. The summed E-state index contributed by atoms with van der Waals surface area (Å²) < 4.78 is 12.3. The molecule has 1 fully saturated rings. The van der Waals surface area contributed by atoms with E-state index in [2.05, 4.69) is 0 Å². The van der Waals surface area contributed by atoms with Crippen molar-refractivity contribution in [3.63, 3.8) is 0 Å². The Hall–Kier alpha value is -6.80. The minimum Gasteiger partial charge on any atom is -0.507 e. The number of carbonyl (C=O) groups excluding carboxylic acids is 2. The number of aliphatic imine (C=N–C) groups is 2. The fourth-order valence-corrected chi connectivity index (χ4v) is 8.91. The van der Waals surface area contributed by atoms with Crippen LogP contribution in [0.15, 0.2) is 143 Å². The number of hydrogen-bond donors (Lipinski definition) is 2. The molecule has 9 heteroatoms. The molecule has 0 bridgehead atoms. The van der Waals surface area contributed by atoms with Gasteiger partial charge in [0.15, 0.2) is 0 Å². The van der Waals surface area contributed by atoms with Crippen molar-refractivity contribution in [2.45, 2.75) is 79.3 Å². The van der Waals surface area contributed by atoms with E-state index < -0.39 is 10.8 Å². The molecule has 0 amide bonds. The molecule has 0 aromatic heterocycles. The Labute approximate surface area is 401 Å². The predicted molar refractivity (Wildman–Crippen MR) is 269 cm³/mol. The van der Waals surface area contributed by atoms with Crippen molar-refractivity contribution in [2.75, 3.05) is 0 Å². The average molecular weight is 930 g/mol. The van der Waals surface area contributed by atoms with Gasteiger partial charge in [0, 0.05) is 62.9 Å². The summed E-state index contributed by atoms with van der Waals surface area (Å²) >= 11 is 0. The molecule has 0 spiro atoms. The molecule has 0 aliphatic heterocycles. The number of phenols is 2. The minimum atomic E-state index is -0.751. The van der Waals surface area contributed by atoms with Gasteiger partial charge in [-0.15, -0.1) is 0 Å². The van der Waals surface area contributed by atoms with Crippen LogP contribution in [-0.2, 0) is 26.7 Å². The molecule has 67 heavy (non-hydrogen) atoms. The van der Waals surface area contributed by atoms with Gasteiger partial charge in [0.2, 0.25) is 0 Å². The van der Waals surface area contributed by atoms with Gasteiger partial charge in [-0.1, -0.05) is 122 Å². The smallest absolute Gasteiger partial charge is 0.316 e. The molecule has 8 nitrogen and oxygen atoms in total. The first-order chi connectivity index (χ1) is 31.7. The van der Waals surface area contributed by atoms with Crippen LogP contribution in [0.3, 0.4) is 0 Å². The SMILES string of the molecule is CC(C)(C)C(=O)Oc1ccc2ccccc2c1-c1c(O)c(C=NC2CCCCC2N=Cc2cc3ccccc3c(-c3c(OC(=O)C(C)(C)C)ccc4ccccc34)c2O)cc2ccccc12.[Mn]. The Balaban J connectivity index is 0.00000608. The largest absolute Gasteiger partial charge is 0.507 e. The number of esters is 2. The van der Waals surface area contributed by atoms with Crippen LogP contribution in [0.2, 0.25) is 0 Å². The summed E-state index contributed by atoms with van der Waals surface area (Å²) in [7, 11) is 0. The van der Waals surface area contributed by atoms with Crippen LogP contribution in [-0.4, -0.2) is 46.7 Å². The third-order valence-corrected chi connectivity index (χ3v) is 12.5. The fraction of sp³-hybridized carbons (Fsp3) is 0.241. The molecule has 9 rings (SSSR count). The number of phenolic OH excluding ortho intramolecular Hbond substituents is 2. The molecule has 1 saturated carbocycles. The topological polar surface area (TPSA) is 118 Å². The van der Waals surface area contributed by atoms with Gasteiger partial charge in [-0.05, 0) is 122 Å². The van der Waals surface area contributed by atoms with Crippen LogP contribution in [0.5, 0.6) is 23.0 Å². The van der Waals surface area contributed by atoms with Gasteiger partial charge in [-0.25, -0.2) is 0 Å². The molecule has 0 saturated heterocycles. The molecule has 2 unspecified atom stereocenters. The zero-order valence-corrected chi connectivity index (χ0v) is 39.8. The van der Waals surface area contributed by atoms with Crippen molar-refractivity contribution in [2.24, 2.45) is 20.8 Å². The van der Waals surface area contributed by atoms with Crippen molar-refractivity contribution in [3.05, 3.63) is 145 Å². The first kappa shape index (κ1) is 46.7. The second-order valence-electron chi connectivity index (χ2n) is 19.4. The van der Waals surface area contributed by atoms with Crippen LogP contribution >= 0.6 is 0 Å². The van der Waals surface area contributed by atoms with Crippen LogP contribution in [0.4, 0.5) is 0 Å². The van der Waals surface area contributed by atoms with Crippen LogP contribution in [0.25, 0.3) is 65.3 Å². The molecule has 2 atom stereocenters. The van der Waals surface area contributed by atoms with Crippen molar-refractivity contribution >= 4 is 67.5 Å². The van der Waals surface area contributed by atoms with Crippen molar-refractivity contribution in [1.29, 1.82) is 0 Å². The zero-order chi connectivity index (χ0) is 46.3. The molecule has 1 radical (unpaired) electrons. The summed E-state index contributed by atoms with van der Waals surface area (Å²) in [6.45, 7) is 10.9. The van der Waals surface area contributed by atoms with E-state index in [1.165, 1.54) is 0 Å². The summed E-state index contributed by atoms with van der Waals surface area (Å²) in [5.41, 5.74) is 1.95. The van der Waals surface area contributed by atoms with E-state index >= 15 is 0 Å². The van der Waals surface area contributed by atoms with Crippen molar-refractivity contribution in [1.82, 2.24) is 0 Å². The minimum absolute atomic E-state index is 0. The van der Waals surface area contributed by atoms with E-state index in [1.807, 2.05) is 163 Å². The van der Waals surface area contributed by atoms with Gasteiger partial charge < -0.3 is 19.7 Å². The quantitative estimate of drug-likeness (QED) is 0.0678. The van der Waals surface area contributed by atoms with E-state index in [9.17, 15) is 19.8 Å². The van der Waals surface area contributed by atoms with Crippen molar-refractivity contribution in [3.8, 4) is 45.3 Å². The molecule has 0 heterocycles. The van der Waals surface area contributed by atoms with E-state index in [1.54, 1.807) is 24.6 Å². The van der Waals surface area contributed by atoms with E-state index in [0.717, 1.165) is 68.8 Å². The molecule has 8 aromatic carbocycles. The van der Waals surface area contributed by atoms with E-state index in [4.69, 9.17) is 19.5 Å². The first-order valence-electron chi connectivity index (χ1n) is 22.7. The molecule has 1 aliphatic carbocycles. The van der Waals surface area contributed by atoms with E-state index in [0.29, 0.717) is 44.9 Å². The number of fused-ring (bicyclic) bond motifs is 4. The van der Waals surface area contributed by atoms with Crippen LogP contribution < -0.4 is 9.47 Å². The van der Waals surface area contributed by atoms with Gasteiger partial charge in [0.1, 0.15) is 23.0 Å². The van der Waals surface area contributed by atoms with Crippen LogP contribution in [0.1, 0.15) is 78.4 Å². The number of rotatable bonds is 8. The fourth-order valence-electron chi connectivity index (χ4n) is 8.91. The first-order valence-corrected chi connectivity index (χ1v) is 22.7. The molecular formula is C58H54MnN2O6. The van der Waals surface area contributed by atoms with Crippen molar-refractivity contribution < 1.29 is 46.3 Å². The van der Waals surface area contributed by atoms with E-state index in [-0.39, 0.29) is 52.6 Å². The third-order valence-electron chi connectivity index (χ3n) is 12.5. The van der Waals surface area contributed by atoms with Gasteiger partial charge in [-0.2, -0.15) is 0 Å². The summed E-state index contributed by atoms with van der Waals surface area (Å²) in [4.78, 5) is 37.0. The molecule has 2 N–H and O–H groups in total. The van der Waals surface area contributed by atoms with Gasteiger partial charge >= 0.3 is 11.9 Å². The molecule has 1 aliphatic rings. The number of ether oxygens (including phenoxy) is 2. The molecule has 339 valence electrons. The third kappa shape index (κ3) is 9.31. The predicted octanol–water partition coefficient (Wildman–Crippen LogP) is 13.8. The Morgan fingerprint density at radius 3 is 1.18 bits per heavy atom.